The number of nitrogens with zero attached hydrogens (tertiary/aromatic N) is 3. The maximum absolute atomic E-state index is 11.8. The fourth-order valence-corrected chi connectivity index (χ4v) is 2.36. The molecule has 1 fully saturated rings. The SMILES string of the molecule is CCN(CC)C(=O)CCNCCN1CCN(C)CC1. The van der Waals surface area contributed by atoms with E-state index in [1.807, 2.05) is 18.7 Å². The molecule has 1 heterocycles. The van der Waals surface area contributed by atoms with Gasteiger partial charge in [0.1, 0.15) is 0 Å². The monoisotopic (exact) mass is 270 g/mol. The van der Waals surface area contributed by atoms with Crippen molar-refractivity contribution in [3.8, 4) is 0 Å². The van der Waals surface area contributed by atoms with E-state index >= 15 is 0 Å². The highest BCUT2D eigenvalue weighted by Crippen LogP contribution is 1.97. The number of amides is 1. The molecular formula is C14H30N4O. The van der Waals surface area contributed by atoms with Crippen LogP contribution >= 0.6 is 0 Å². The molecule has 0 atom stereocenters. The van der Waals surface area contributed by atoms with Crippen LogP contribution in [0.3, 0.4) is 0 Å². The molecule has 1 amide bonds. The Balaban J connectivity index is 2.00. The van der Waals surface area contributed by atoms with Crippen LogP contribution in [0, 0.1) is 0 Å². The van der Waals surface area contributed by atoms with Crippen molar-refractivity contribution in [1.29, 1.82) is 0 Å². The second kappa shape index (κ2) is 9.28. The number of likely N-dealkylation sites (N-methyl/N-ethyl adjacent to an activating group) is 1. The summed E-state index contributed by atoms with van der Waals surface area (Å²) >= 11 is 0. The first-order valence-corrected chi connectivity index (χ1v) is 7.56. The summed E-state index contributed by atoms with van der Waals surface area (Å²) in [5.41, 5.74) is 0. The van der Waals surface area contributed by atoms with Gasteiger partial charge in [-0.15, -0.1) is 0 Å². The third kappa shape index (κ3) is 6.36. The van der Waals surface area contributed by atoms with Crippen molar-refractivity contribution in [2.75, 3.05) is 66.0 Å². The van der Waals surface area contributed by atoms with E-state index < -0.39 is 0 Å². The van der Waals surface area contributed by atoms with Crippen LogP contribution in [0.5, 0.6) is 0 Å². The second-order valence-electron chi connectivity index (χ2n) is 5.21. The fraction of sp³-hybridized carbons (Fsp3) is 0.929. The van der Waals surface area contributed by atoms with Crippen molar-refractivity contribution in [1.82, 2.24) is 20.0 Å². The molecule has 0 aliphatic carbocycles. The van der Waals surface area contributed by atoms with Gasteiger partial charge in [-0.3, -0.25) is 9.69 Å². The first kappa shape index (κ1) is 16.4. The van der Waals surface area contributed by atoms with Gasteiger partial charge in [0.05, 0.1) is 0 Å². The van der Waals surface area contributed by atoms with E-state index in [-0.39, 0.29) is 5.91 Å². The number of hydrogen-bond donors (Lipinski definition) is 1. The minimum absolute atomic E-state index is 0.261. The molecule has 0 aromatic carbocycles. The van der Waals surface area contributed by atoms with Crippen molar-refractivity contribution in [3.05, 3.63) is 0 Å². The highest BCUT2D eigenvalue weighted by Gasteiger charge is 2.13. The topological polar surface area (TPSA) is 38.8 Å². The second-order valence-corrected chi connectivity index (χ2v) is 5.21. The predicted octanol–water partition coefficient (Wildman–Crippen LogP) is 0.0819. The molecule has 0 radical (unpaired) electrons. The lowest BCUT2D eigenvalue weighted by Crippen LogP contribution is -2.46. The first-order valence-electron chi connectivity index (χ1n) is 7.56. The average Bonchev–Trinajstić information content (AvgIpc) is 2.42. The van der Waals surface area contributed by atoms with Crippen LogP contribution in [0.15, 0.2) is 0 Å². The van der Waals surface area contributed by atoms with Crippen LogP contribution in [0.2, 0.25) is 0 Å². The van der Waals surface area contributed by atoms with Gasteiger partial charge in [0.25, 0.3) is 0 Å². The summed E-state index contributed by atoms with van der Waals surface area (Å²) in [6, 6.07) is 0. The first-order chi connectivity index (χ1) is 9.17. The molecular weight excluding hydrogens is 240 g/mol. The molecule has 1 rings (SSSR count). The molecule has 0 spiro atoms. The van der Waals surface area contributed by atoms with Gasteiger partial charge in [-0.1, -0.05) is 0 Å². The van der Waals surface area contributed by atoms with Gasteiger partial charge >= 0.3 is 0 Å². The molecule has 1 aliphatic heterocycles. The molecule has 0 aromatic rings. The van der Waals surface area contributed by atoms with E-state index in [0.29, 0.717) is 6.42 Å². The number of hydrogen-bond acceptors (Lipinski definition) is 4. The van der Waals surface area contributed by atoms with Crippen LogP contribution < -0.4 is 5.32 Å². The zero-order valence-electron chi connectivity index (χ0n) is 12.8. The molecule has 112 valence electrons. The summed E-state index contributed by atoms with van der Waals surface area (Å²) in [5.74, 6) is 0.261. The summed E-state index contributed by atoms with van der Waals surface area (Å²) in [4.78, 5) is 18.5. The minimum atomic E-state index is 0.261. The maximum Gasteiger partial charge on any atom is 0.223 e. The Bertz CT molecular complexity index is 248. The van der Waals surface area contributed by atoms with E-state index in [9.17, 15) is 4.79 Å². The molecule has 0 unspecified atom stereocenters. The number of nitrogens with one attached hydrogen (secondary N) is 1. The van der Waals surface area contributed by atoms with Crippen molar-refractivity contribution in [3.63, 3.8) is 0 Å². The molecule has 5 nitrogen and oxygen atoms in total. The third-order valence-corrected chi connectivity index (χ3v) is 3.83. The molecule has 0 saturated carbocycles. The standard InChI is InChI=1S/C14H30N4O/c1-4-18(5-2)14(19)6-7-15-8-9-17-12-10-16(3)11-13-17/h15H,4-13H2,1-3H3. The van der Waals surface area contributed by atoms with Crippen molar-refractivity contribution >= 4 is 5.91 Å². The van der Waals surface area contributed by atoms with Gasteiger partial charge in [0.15, 0.2) is 0 Å². The quantitative estimate of drug-likeness (QED) is 0.634. The maximum atomic E-state index is 11.8. The van der Waals surface area contributed by atoms with Crippen molar-refractivity contribution in [2.45, 2.75) is 20.3 Å². The van der Waals surface area contributed by atoms with Crippen LogP contribution in [-0.4, -0.2) is 86.6 Å². The number of carbonyl (C=O) groups excluding carboxylic acids is 1. The van der Waals surface area contributed by atoms with Gasteiger partial charge in [0.2, 0.25) is 5.91 Å². The lowest BCUT2D eigenvalue weighted by atomic mass is 10.3. The third-order valence-electron chi connectivity index (χ3n) is 3.83. The molecule has 0 bridgehead atoms. The zero-order chi connectivity index (χ0) is 14.1. The average molecular weight is 270 g/mol. The summed E-state index contributed by atoms with van der Waals surface area (Å²) in [5, 5.41) is 3.38. The number of carbonyl (C=O) groups is 1. The van der Waals surface area contributed by atoms with Crippen LogP contribution in [-0.2, 0) is 4.79 Å². The highest BCUT2D eigenvalue weighted by molar-refractivity contribution is 5.76. The van der Waals surface area contributed by atoms with Gasteiger partial charge < -0.3 is 15.1 Å². The van der Waals surface area contributed by atoms with E-state index in [1.165, 1.54) is 13.1 Å². The summed E-state index contributed by atoms with van der Waals surface area (Å²) in [7, 11) is 2.18. The molecule has 1 aliphatic rings. The van der Waals surface area contributed by atoms with Gasteiger partial charge in [0, 0.05) is 65.3 Å². The molecule has 19 heavy (non-hydrogen) atoms. The summed E-state index contributed by atoms with van der Waals surface area (Å²) < 4.78 is 0. The summed E-state index contributed by atoms with van der Waals surface area (Å²) in [6.07, 6.45) is 0.615. The Kier molecular flexibility index (Phi) is 8.02. The van der Waals surface area contributed by atoms with Gasteiger partial charge in [-0.2, -0.15) is 0 Å². The van der Waals surface area contributed by atoms with Crippen LogP contribution in [0.25, 0.3) is 0 Å². The Morgan fingerprint density at radius 2 is 1.74 bits per heavy atom. The molecule has 1 N–H and O–H groups in total. The fourth-order valence-electron chi connectivity index (χ4n) is 2.36. The van der Waals surface area contributed by atoms with E-state index in [0.717, 1.165) is 45.8 Å². The van der Waals surface area contributed by atoms with Gasteiger partial charge in [-0.05, 0) is 20.9 Å². The zero-order valence-corrected chi connectivity index (χ0v) is 12.8. The van der Waals surface area contributed by atoms with Crippen LogP contribution in [0.4, 0.5) is 0 Å². The summed E-state index contributed by atoms with van der Waals surface area (Å²) in [6.45, 7) is 13.2. The van der Waals surface area contributed by atoms with Crippen molar-refractivity contribution in [2.24, 2.45) is 0 Å². The predicted molar refractivity (Wildman–Crippen MR) is 79.4 cm³/mol. The Hall–Kier alpha value is -0.650. The normalized spacial score (nSPS) is 17.6. The van der Waals surface area contributed by atoms with E-state index in [1.54, 1.807) is 0 Å². The number of piperazine rings is 1. The van der Waals surface area contributed by atoms with E-state index in [4.69, 9.17) is 0 Å². The van der Waals surface area contributed by atoms with Crippen LogP contribution in [0.1, 0.15) is 20.3 Å². The molecule has 1 saturated heterocycles. The largest absolute Gasteiger partial charge is 0.343 e. The van der Waals surface area contributed by atoms with E-state index in [2.05, 4.69) is 22.2 Å². The van der Waals surface area contributed by atoms with Gasteiger partial charge in [-0.25, -0.2) is 0 Å². The lowest BCUT2D eigenvalue weighted by Gasteiger charge is -2.32. The lowest BCUT2D eigenvalue weighted by molar-refractivity contribution is -0.130. The number of rotatable bonds is 8. The van der Waals surface area contributed by atoms with Crippen molar-refractivity contribution < 1.29 is 4.79 Å². The minimum Gasteiger partial charge on any atom is -0.343 e. The Morgan fingerprint density at radius 3 is 2.32 bits per heavy atom. The molecule has 5 heteroatoms. The Morgan fingerprint density at radius 1 is 1.11 bits per heavy atom. The smallest absolute Gasteiger partial charge is 0.223 e. The highest BCUT2D eigenvalue weighted by atomic mass is 16.2. The Labute approximate surface area is 117 Å². The molecule has 0 aromatic heterocycles.